The van der Waals surface area contributed by atoms with E-state index in [1.165, 1.54) is 7.11 Å². The zero-order valence-corrected chi connectivity index (χ0v) is 11.0. The number of allylic oxidation sites excluding steroid dienone is 3. The number of nitrogens with zero attached hydrogens (tertiary/aromatic N) is 1. The number of esters is 1. The molecular weight excluding hydrogens is 238 g/mol. The second kappa shape index (κ2) is 6.69. The molecule has 1 aromatic rings. The number of carbonyl (C=O) groups excluding carboxylic acids is 1. The van der Waals surface area contributed by atoms with Gasteiger partial charge in [-0.3, -0.25) is 9.79 Å². The molecule has 0 saturated carbocycles. The summed E-state index contributed by atoms with van der Waals surface area (Å²) >= 11 is 0. The van der Waals surface area contributed by atoms with Crippen LogP contribution in [0.5, 0.6) is 0 Å². The van der Waals surface area contributed by atoms with Crippen molar-refractivity contribution in [1.82, 2.24) is 0 Å². The Morgan fingerprint density at radius 1 is 1.37 bits per heavy atom. The van der Waals surface area contributed by atoms with Gasteiger partial charge in [0.1, 0.15) is 6.54 Å². The van der Waals surface area contributed by atoms with E-state index in [-0.39, 0.29) is 12.5 Å². The molecule has 0 aromatic heterocycles. The minimum Gasteiger partial charge on any atom is -0.468 e. The van der Waals surface area contributed by atoms with E-state index < -0.39 is 0 Å². The Kier molecular flexibility index (Phi) is 4.67. The zero-order chi connectivity index (χ0) is 13.5. The van der Waals surface area contributed by atoms with Crippen molar-refractivity contribution >= 4 is 17.8 Å². The van der Waals surface area contributed by atoms with Gasteiger partial charge in [-0.25, -0.2) is 0 Å². The van der Waals surface area contributed by atoms with Crippen LogP contribution in [0.15, 0.2) is 53.0 Å². The van der Waals surface area contributed by atoms with Crippen LogP contribution in [0.1, 0.15) is 18.4 Å². The molecule has 0 fully saturated rings. The molecular formula is C16H17NO2. The quantitative estimate of drug-likeness (QED) is 0.779. The maximum atomic E-state index is 11.1. The minimum absolute atomic E-state index is 0.0717. The highest BCUT2D eigenvalue weighted by atomic mass is 16.5. The summed E-state index contributed by atoms with van der Waals surface area (Å²) in [4.78, 5) is 15.5. The number of hydrogen-bond donors (Lipinski definition) is 0. The smallest absolute Gasteiger partial charge is 0.327 e. The summed E-state index contributed by atoms with van der Waals surface area (Å²) < 4.78 is 4.61. The first-order valence-corrected chi connectivity index (χ1v) is 6.33. The van der Waals surface area contributed by atoms with Crippen molar-refractivity contribution in [2.75, 3.05) is 13.7 Å². The molecule has 2 rings (SSSR count). The Morgan fingerprint density at radius 3 is 2.89 bits per heavy atom. The van der Waals surface area contributed by atoms with E-state index in [4.69, 9.17) is 0 Å². The van der Waals surface area contributed by atoms with E-state index in [0.717, 1.165) is 29.7 Å². The predicted octanol–water partition coefficient (Wildman–Crippen LogP) is 3.03. The van der Waals surface area contributed by atoms with Crippen LogP contribution in [-0.2, 0) is 9.53 Å². The van der Waals surface area contributed by atoms with E-state index in [1.807, 2.05) is 24.3 Å². The molecule has 0 bridgehead atoms. The van der Waals surface area contributed by atoms with Gasteiger partial charge in [-0.15, -0.1) is 0 Å². The van der Waals surface area contributed by atoms with Crippen LogP contribution in [0.4, 0.5) is 0 Å². The second-order valence-electron chi connectivity index (χ2n) is 4.30. The van der Waals surface area contributed by atoms with Gasteiger partial charge in [-0.1, -0.05) is 36.4 Å². The Labute approximate surface area is 113 Å². The lowest BCUT2D eigenvalue weighted by Crippen LogP contribution is -2.10. The summed E-state index contributed by atoms with van der Waals surface area (Å²) in [5.41, 5.74) is 3.19. The average Bonchev–Trinajstić information content (AvgIpc) is 2.47. The summed E-state index contributed by atoms with van der Waals surface area (Å²) in [6.07, 6.45) is 8.14. The molecule has 0 heterocycles. The first kappa shape index (κ1) is 13.3. The molecule has 0 amide bonds. The van der Waals surface area contributed by atoms with Crippen molar-refractivity contribution in [1.29, 1.82) is 0 Å². The molecule has 0 saturated heterocycles. The lowest BCUT2D eigenvalue weighted by Gasteiger charge is -2.12. The van der Waals surface area contributed by atoms with Gasteiger partial charge in [0.15, 0.2) is 0 Å². The lowest BCUT2D eigenvalue weighted by atomic mass is 9.96. The fraction of sp³-hybridized carbons (Fsp3) is 0.250. The maximum absolute atomic E-state index is 11.1. The molecule has 1 aliphatic rings. The van der Waals surface area contributed by atoms with E-state index >= 15 is 0 Å². The van der Waals surface area contributed by atoms with Crippen LogP contribution in [0.25, 0.3) is 6.08 Å². The molecule has 1 aromatic carbocycles. The summed E-state index contributed by atoms with van der Waals surface area (Å²) in [6.45, 7) is 0.0717. The standard InChI is InChI=1S/C16H17NO2/c1-19-16(18)12-17-15-10-6-5-9-14(15)11-13-7-3-2-4-8-13/h2-4,6-8,10-11H,5,9,12H2,1H3. The van der Waals surface area contributed by atoms with Gasteiger partial charge < -0.3 is 4.74 Å². The first-order valence-electron chi connectivity index (χ1n) is 6.33. The summed E-state index contributed by atoms with van der Waals surface area (Å²) in [7, 11) is 1.37. The van der Waals surface area contributed by atoms with Crippen LogP contribution >= 0.6 is 0 Å². The molecule has 0 spiro atoms. The highest BCUT2D eigenvalue weighted by molar-refractivity contribution is 6.12. The normalized spacial score (nSPS) is 18.8. The molecule has 19 heavy (non-hydrogen) atoms. The van der Waals surface area contributed by atoms with Gasteiger partial charge in [0.05, 0.1) is 12.8 Å². The Morgan fingerprint density at radius 2 is 2.16 bits per heavy atom. The number of ether oxygens (including phenoxy) is 1. The molecule has 0 N–H and O–H groups in total. The van der Waals surface area contributed by atoms with Crippen molar-refractivity contribution in [3.05, 3.63) is 53.6 Å². The minimum atomic E-state index is -0.314. The lowest BCUT2D eigenvalue weighted by molar-refractivity contribution is -0.138. The highest BCUT2D eigenvalue weighted by Crippen LogP contribution is 2.19. The third kappa shape index (κ3) is 3.91. The number of methoxy groups -OCH3 is 1. The summed E-state index contributed by atoms with van der Waals surface area (Å²) in [5, 5.41) is 0. The van der Waals surface area contributed by atoms with Crippen molar-refractivity contribution in [2.45, 2.75) is 12.8 Å². The topological polar surface area (TPSA) is 38.7 Å². The number of rotatable bonds is 3. The molecule has 3 heteroatoms. The van der Waals surface area contributed by atoms with Crippen LogP contribution < -0.4 is 0 Å². The van der Waals surface area contributed by atoms with Crippen molar-refractivity contribution < 1.29 is 9.53 Å². The van der Waals surface area contributed by atoms with Gasteiger partial charge in [-0.05, 0) is 36.1 Å². The van der Waals surface area contributed by atoms with E-state index in [1.54, 1.807) is 0 Å². The SMILES string of the molecule is COC(=O)CN=C1C=CCCC1=Cc1ccccc1. The molecule has 0 unspecified atom stereocenters. The van der Waals surface area contributed by atoms with Gasteiger partial charge >= 0.3 is 5.97 Å². The van der Waals surface area contributed by atoms with Crippen molar-refractivity contribution in [2.24, 2.45) is 4.99 Å². The fourth-order valence-corrected chi connectivity index (χ4v) is 1.93. The number of carbonyl (C=O) groups is 1. The Hall–Kier alpha value is -2.16. The van der Waals surface area contributed by atoms with E-state index in [0.29, 0.717) is 0 Å². The molecule has 0 aliphatic heterocycles. The number of aliphatic imine (C=N–C) groups is 1. The van der Waals surface area contributed by atoms with Crippen LogP contribution in [-0.4, -0.2) is 25.3 Å². The number of hydrogen-bond acceptors (Lipinski definition) is 3. The fourth-order valence-electron chi connectivity index (χ4n) is 1.93. The van der Waals surface area contributed by atoms with Crippen LogP contribution in [0.3, 0.4) is 0 Å². The van der Waals surface area contributed by atoms with E-state index in [9.17, 15) is 4.79 Å². The molecule has 1 aliphatic carbocycles. The summed E-state index contributed by atoms with van der Waals surface area (Å²) in [5.74, 6) is -0.314. The highest BCUT2D eigenvalue weighted by Gasteiger charge is 2.09. The van der Waals surface area contributed by atoms with Crippen LogP contribution in [0, 0.1) is 0 Å². The molecule has 98 valence electrons. The third-order valence-corrected chi connectivity index (χ3v) is 2.93. The molecule has 3 nitrogen and oxygen atoms in total. The van der Waals surface area contributed by atoms with Gasteiger partial charge in [0.25, 0.3) is 0 Å². The van der Waals surface area contributed by atoms with Gasteiger partial charge in [-0.2, -0.15) is 0 Å². The first-order chi connectivity index (χ1) is 9.29. The average molecular weight is 255 g/mol. The number of benzene rings is 1. The third-order valence-electron chi connectivity index (χ3n) is 2.93. The second-order valence-corrected chi connectivity index (χ2v) is 4.30. The largest absolute Gasteiger partial charge is 0.468 e. The van der Waals surface area contributed by atoms with Gasteiger partial charge in [0, 0.05) is 0 Å². The molecule has 0 atom stereocenters. The van der Waals surface area contributed by atoms with Crippen molar-refractivity contribution in [3.63, 3.8) is 0 Å². The maximum Gasteiger partial charge on any atom is 0.327 e. The summed E-state index contributed by atoms with van der Waals surface area (Å²) in [6, 6.07) is 10.1. The van der Waals surface area contributed by atoms with E-state index in [2.05, 4.69) is 34.0 Å². The molecule has 0 radical (unpaired) electrons. The van der Waals surface area contributed by atoms with Crippen LogP contribution in [0.2, 0.25) is 0 Å². The predicted molar refractivity (Wildman–Crippen MR) is 77.1 cm³/mol. The zero-order valence-electron chi connectivity index (χ0n) is 11.0. The Bertz CT molecular complexity index is 527. The Balaban J connectivity index is 2.20. The van der Waals surface area contributed by atoms with Crippen molar-refractivity contribution in [3.8, 4) is 0 Å². The monoisotopic (exact) mass is 255 g/mol. The van der Waals surface area contributed by atoms with Gasteiger partial charge in [0.2, 0.25) is 0 Å².